The number of H-pyrrole nitrogens is 1. The predicted molar refractivity (Wildman–Crippen MR) is 55.2 cm³/mol. The highest BCUT2D eigenvalue weighted by molar-refractivity contribution is 5.82. The smallest absolute Gasteiger partial charge is 0.182 e. The van der Waals surface area contributed by atoms with Crippen LogP contribution in [0, 0.1) is 0 Å². The third kappa shape index (κ3) is 1.41. The van der Waals surface area contributed by atoms with Crippen molar-refractivity contribution >= 4 is 17.0 Å². The standard InChI is InChI=1S/C9H13N5/c1-3-4-14(2)9-7-8(11-5-10-7)12-6-13-9/h5-6H,3-4H2,1-2H3,(H,10,11,12,13). The van der Waals surface area contributed by atoms with E-state index in [4.69, 9.17) is 0 Å². The van der Waals surface area contributed by atoms with Crippen LogP contribution in [0.3, 0.4) is 0 Å². The van der Waals surface area contributed by atoms with Crippen LogP contribution in [0.2, 0.25) is 0 Å². The normalized spacial score (nSPS) is 10.7. The maximum absolute atomic E-state index is 4.24. The second-order valence-corrected chi connectivity index (χ2v) is 3.22. The zero-order chi connectivity index (χ0) is 9.97. The third-order valence-corrected chi connectivity index (χ3v) is 2.12. The van der Waals surface area contributed by atoms with Crippen molar-refractivity contribution in [3.05, 3.63) is 12.7 Å². The summed E-state index contributed by atoms with van der Waals surface area (Å²) in [5.74, 6) is 0.911. The van der Waals surface area contributed by atoms with Crippen molar-refractivity contribution in [3.63, 3.8) is 0 Å². The lowest BCUT2D eigenvalue weighted by molar-refractivity contribution is 0.838. The number of hydrogen-bond acceptors (Lipinski definition) is 4. The topological polar surface area (TPSA) is 57.7 Å². The molecule has 2 aromatic rings. The molecule has 2 rings (SSSR count). The molecular weight excluding hydrogens is 178 g/mol. The minimum absolute atomic E-state index is 0.720. The fourth-order valence-electron chi connectivity index (χ4n) is 1.48. The number of fused-ring (bicyclic) bond motifs is 1. The predicted octanol–water partition coefficient (Wildman–Crippen LogP) is 1.20. The quantitative estimate of drug-likeness (QED) is 0.792. The summed E-state index contributed by atoms with van der Waals surface area (Å²) in [7, 11) is 2.02. The van der Waals surface area contributed by atoms with Crippen LogP contribution >= 0.6 is 0 Å². The van der Waals surface area contributed by atoms with E-state index in [1.165, 1.54) is 0 Å². The third-order valence-electron chi connectivity index (χ3n) is 2.12. The molecule has 0 saturated heterocycles. The van der Waals surface area contributed by atoms with Gasteiger partial charge in [0, 0.05) is 13.6 Å². The van der Waals surface area contributed by atoms with Gasteiger partial charge in [0.25, 0.3) is 0 Å². The zero-order valence-electron chi connectivity index (χ0n) is 8.36. The Labute approximate surface area is 82.2 Å². The second-order valence-electron chi connectivity index (χ2n) is 3.22. The number of anilines is 1. The molecule has 0 aliphatic rings. The van der Waals surface area contributed by atoms with E-state index in [2.05, 4.69) is 31.8 Å². The minimum Gasteiger partial charge on any atom is -0.358 e. The molecule has 0 atom stereocenters. The Morgan fingerprint density at radius 2 is 2.21 bits per heavy atom. The molecule has 0 aliphatic heterocycles. The van der Waals surface area contributed by atoms with E-state index in [-0.39, 0.29) is 0 Å². The number of nitrogens with zero attached hydrogens (tertiary/aromatic N) is 4. The molecule has 2 aromatic heterocycles. The molecular formula is C9H13N5. The summed E-state index contributed by atoms with van der Waals surface area (Å²) in [6.07, 6.45) is 4.28. The van der Waals surface area contributed by atoms with Crippen molar-refractivity contribution in [1.29, 1.82) is 0 Å². The number of nitrogens with one attached hydrogen (secondary N) is 1. The highest BCUT2D eigenvalue weighted by Crippen LogP contribution is 2.17. The van der Waals surface area contributed by atoms with E-state index < -0.39 is 0 Å². The van der Waals surface area contributed by atoms with Crippen LogP contribution in [-0.4, -0.2) is 33.5 Å². The molecule has 5 nitrogen and oxygen atoms in total. The van der Waals surface area contributed by atoms with E-state index in [1.807, 2.05) is 7.05 Å². The van der Waals surface area contributed by atoms with Crippen LogP contribution in [0.1, 0.15) is 13.3 Å². The number of rotatable bonds is 3. The van der Waals surface area contributed by atoms with Crippen LogP contribution in [-0.2, 0) is 0 Å². The molecule has 14 heavy (non-hydrogen) atoms. The van der Waals surface area contributed by atoms with Gasteiger partial charge in [-0.2, -0.15) is 0 Å². The highest BCUT2D eigenvalue weighted by atomic mass is 15.2. The molecule has 0 aromatic carbocycles. The fraction of sp³-hybridized carbons (Fsp3) is 0.444. The van der Waals surface area contributed by atoms with Crippen LogP contribution in [0.4, 0.5) is 5.82 Å². The number of aromatic amines is 1. The van der Waals surface area contributed by atoms with Gasteiger partial charge in [-0.15, -0.1) is 0 Å². The van der Waals surface area contributed by atoms with E-state index in [0.29, 0.717) is 0 Å². The Balaban J connectivity index is 2.45. The van der Waals surface area contributed by atoms with E-state index in [1.54, 1.807) is 12.7 Å². The van der Waals surface area contributed by atoms with Gasteiger partial charge >= 0.3 is 0 Å². The van der Waals surface area contributed by atoms with Gasteiger partial charge in [0.05, 0.1) is 6.33 Å². The van der Waals surface area contributed by atoms with Crippen molar-refractivity contribution in [3.8, 4) is 0 Å². The molecule has 0 amide bonds. The fourth-order valence-corrected chi connectivity index (χ4v) is 1.48. The lowest BCUT2D eigenvalue weighted by Gasteiger charge is -2.16. The maximum atomic E-state index is 4.24. The SMILES string of the molecule is CCCN(C)c1ncnc2nc[nH]c12. The summed E-state index contributed by atoms with van der Waals surface area (Å²) in [6, 6.07) is 0. The van der Waals surface area contributed by atoms with Crippen molar-refractivity contribution in [1.82, 2.24) is 19.9 Å². The number of aromatic nitrogens is 4. The number of hydrogen-bond donors (Lipinski definition) is 1. The van der Waals surface area contributed by atoms with Gasteiger partial charge in [0.15, 0.2) is 11.5 Å². The molecule has 74 valence electrons. The summed E-state index contributed by atoms with van der Waals surface area (Å²) in [4.78, 5) is 17.5. The Morgan fingerprint density at radius 1 is 1.36 bits per heavy atom. The molecule has 1 N–H and O–H groups in total. The Bertz CT molecular complexity index is 422. The largest absolute Gasteiger partial charge is 0.358 e. The summed E-state index contributed by atoms with van der Waals surface area (Å²) >= 11 is 0. The Morgan fingerprint density at radius 3 is 3.00 bits per heavy atom. The molecule has 0 unspecified atom stereocenters. The van der Waals surface area contributed by atoms with Crippen molar-refractivity contribution in [2.45, 2.75) is 13.3 Å². The van der Waals surface area contributed by atoms with Crippen LogP contribution in [0.5, 0.6) is 0 Å². The van der Waals surface area contributed by atoms with Crippen LogP contribution < -0.4 is 4.90 Å². The molecule has 5 heteroatoms. The van der Waals surface area contributed by atoms with Gasteiger partial charge in [0.1, 0.15) is 11.8 Å². The maximum Gasteiger partial charge on any atom is 0.182 e. The summed E-state index contributed by atoms with van der Waals surface area (Å²) in [5.41, 5.74) is 1.63. The first-order valence-electron chi connectivity index (χ1n) is 4.68. The number of imidazole rings is 1. The first kappa shape index (κ1) is 8.93. The first-order chi connectivity index (χ1) is 6.83. The minimum atomic E-state index is 0.720. The zero-order valence-corrected chi connectivity index (χ0v) is 8.36. The average molecular weight is 191 g/mol. The van der Waals surface area contributed by atoms with Gasteiger partial charge in [-0.1, -0.05) is 6.92 Å². The van der Waals surface area contributed by atoms with Gasteiger partial charge in [-0.05, 0) is 6.42 Å². The molecule has 0 radical (unpaired) electrons. The van der Waals surface area contributed by atoms with Crippen molar-refractivity contribution in [2.24, 2.45) is 0 Å². The summed E-state index contributed by atoms with van der Waals surface area (Å²) in [6.45, 7) is 3.12. The first-order valence-corrected chi connectivity index (χ1v) is 4.68. The van der Waals surface area contributed by atoms with Gasteiger partial charge < -0.3 is 9.88 Å². The Kier molecular flexibility index (Phi) is 2.30. The molecule has 0 saturated carbocycles. The monoisotopic (exact) mass is 191 g/mol. The molecule has 2 heterocycles. The van der Waals surface area contributed by atoms with Crippen LogP contribution in [0.25, 0.3) is 11.2 Å². The molecule has 0 spiro atoms. The average Bonchev–Trinajstić information content (AvgIpc) is 2.65. The van der Waals surface area contributed by atoms with Crippen molar-refractivity contribution in [2.75, 3.05) is 18.5 Å². The summed E-state index contributed by atoms with van der Waals surface area (Å²) in [5, 5.41) is 0. The Hall–Kier alpha value is -1.65. The molecule has 0 fully saturated rings. The highest BCUT2D eigenvalue weighted by Gasteiger charge is 2.08. The van der Waals surface area contributed by atoms with E-state index >= 15 is 0 Å². The van der Waals surface area contributed by atoms with Gasteiger partial charge in [-0.3, -0.25) is 0 Å². The van der Waals surface area contributed by atoms with Gasteiger partial charge in [-0.25, -0.2) is 15.0 Å². The molecule has 0 aliphatic carbocycles. The second kappa shape index (κ2) is 3.61. The van der Waals surface area contributed by atoms with E-state index in [9.17, 15) is 0 Å². The van der Waals surface area contributed by atoms with Crippen LogP contribution in [0.15, 0.2) is 12.7 Å². The van der Waals surface area contributed by atoms with Crippen molar-refractivity contribution < 1.29 is 0 Å². The van der Waals surface area contributed by atoms with Gasteiger partial charge in [0.2, 0.25) is 0 Å². The lowest BCUT2D eigenvalue weighted by Crippen LogP contribution is -2.19. The molecule has 0 bridgehead atoms. The van der Waals surface area contributed by atoms with E-state index in [0.717, 1.165) is 29.9 Å². The summed E-state index contributed by atoms with van der Waals surface area (Å²) < 4.78 is 0. The lowest BCUT2D eigenvalue weighted by atomic mass is 10.4.